The lowest BCUT2D eigenvalue weighted by Gasteiger charge is -2.34. The minimum Gasteiger partial charge on any atom is -0.474 e. The molecule has 0 spiro atoms. The van der Waals surface area contributed by atoms with E-state index in [1.807, 2.05) is 0 Å². The van der Waals surface area contributed by atoms with Crippen LogP contribution in [0.1, 0.15) is 104 Å². The molecule has 0 radical (unpaired) electrons. The summed E-state index contributed by atoms with van der Waals surface area (Å²) in [5, 5.41) is 1.02. The molecule has 0 N–H and O–H groups in total. The van der Waals surface area contributed by atoms with Crippen LogP contribution < -0.4 is 5.38 Å². The molecule has 1 unspecified atom stereocenters. The fourth-order valence-corrected chi connectivity index (χ4v) is 6.26. The van der Waals surface area contributed by atoms with Crippen molar-refractivity contribution in [3.63, 3.8) is 0 Å². The Hall–Kier alpha value is -0.856. The Morgan fingerprint density at radius 3 is 1.79 bits per heavy atom. The number of ether oxygens (including phenoxy) is 1. The van der Waals surface area contributed by atoms with Gasteiger partial charge in [0, 0.05) is 13.3 Å². The van der Waals surface area contributed by atoms with Gasteiger partial charge in [-0.2, -0.15) is 0 Å². The molecule has 1 rings (SSSR count). The van der Waals surface area contributed by atoms with Crippen molar-refractivity contribution in [3.8, 4) is 0 Å². The molecule has 0 aliphatic rings. The molecule has 33 heavy (non-hydrogen) atoms. The normalized spacial score (nSPS) is 14.5. The van der Waals surface area contributed by atoms with Gasteiger partial charge in [-0.1, -0.05) is 91.8 Å². The number of carbonyl (C=O) groups is 1. The number of furan rings is 1. The molecule has 0 aliphatic carbocycles. The van der Waals surface area contributed by atoms with E-state index in [0.29, 0.717) is 11.8 Å². The molecule has 0 bridgehead atoms. The fraction of sp³-hybridized carbons (Fsp3) is 0.815. The number of rotatable bonds is 16. The SMILES string of the molecule is CC(=O)OC(CCCCCCCCCCCC(C)(C)C)(O[SiH](C)C)c1coc([Si](C)(C)C)c1. The van der Waals surface area contributed by atoms with Crippen LogP contribution in [0.2, 0.25) is 32.7 Å². The molecule has 0 saturated carbocycles. The maximum absolute atomic E-state index is 12.0. The Morgan fingerprint density at radius 1 is 0.909 bits per heavy atom. The Labute approximate surface area is 206 Å². The summed E-state index contributed by atoms with van der Waals surface area (Å²) in [5.74, 6) is -1.30. The molecule has 1 aromatic heterocycles. The van der Waals surface area contributed by atoms with Crippen LogP contribution in [-0.2, 0) is 19.7 Å². The second kappa shape index (κ2) is 13.9. The van der Waals surface area contributed by atoms with Crippen LogP contribution in [-0.4, -0.2) is 23.1 Å². The monoisotopic (exact) mass is 496 g/mol. The first-order chi connectivity index (χ1) is 15.3. The van der Waals surface area contributed by atoms with E-state index in [0.717, 1.165) is 23.8 Å². The van der Waals surface area contributed by atoms with Crippen LogP contribution in [0.3, 0.4) is 0 Å². The summed E-state index contributed by atoms with van der Waals surface area (Å²) in [6.45, 7) is 19.5. The fourth-order valence-electron chi connectivity index (χ4n) is 4.20. The topological polar surface area (TPSA) is 48.7 Å². The van der Waals surface area contributed by atoms with Crippen molar-refractivity contribution in [2.45, 2.75) is 137 Å². The van der Waals surface area contributed by atoms with E-state index >= 15 is 0 Å². The van der Waals surface area contributed by atoms with Gasteiger partial charge in [0.05, 0.1) is 17.2 Å². The third-order valence-corrected chi connectivity index (χ3v) is 8.54. The van der Waals surface area contributed by atoms with Crippen LogP contribution in [0.25, 0.3) is 0 Å². The van der Waals surface area contributed by atoms with Gasteiger partial charge in [-0.05, 0) is 37.4 Å². The summed E-state index contributed by atoms with van der Waals surface area (Å²) in [6.07, 6.45) is 15.1. The first-order valence-electron chi connectivity index (χ1n) is 13.2. The lowest BCUT2D eigenvalue weighted by molar-refractivity contribution is -0.206. The zero-order valence-electron chi connectivity index (χ0n) is 23.1. The molecule has 6 heteroatoms. The molecule has 1 atom stereocenters. The highest BCUT2D eigenvalue weighted by molar-refractivity contribution is 6.87. The smallest absolute Gasteiger partial charge is 0.305 e. The first kappa shape index (κ1) is 30.2. The van der Waals surface area contributed by atoms with E-state index in [9.17, 15) is 4.79 Å². The van der Waals surface area contributed by atoms with Gasteiger partial charge in [0.2, 0.25) is 5.79 Å². The summed E-state index contributed by atoms with van der Waals surface area (Å²) in [4.78, 5) is 12.0. The van der Waals surface area contributed by atoms with Gasteiger partial charge < -0.3 is 13.6 Å². The zero-order chi connectivity index (χ0) is 25.1. The number of hydrogen-bond acceptors (Lipinski definition) is 4. The Bertz CT molecular complexity index is 685. The number of esters is 1. The van der Waals surface area contributed by atoms with Gasteiger partial charge in [-0.25, -0.2) is 0 Å². The molecule has 0 aliphatic heterocycles. The number of unbranched alkanes of at least 4 members (excludes halogenated alkanes) is 8. The van der Waals surface area contributed by atoms with Gasteiger partial charge in [-0.3, -0.25) is 4.79 Å². The highest BCUT2D eigenvalue weighted by atomic mass is 28.3. The molecule has 0 fully saturated rings. The summed E-state index contributed by atoms with van der Waals surface area (Å²) < 4.78 is 18.2. The molecule has 4 nitrogen and oxygen atoms in total. The van der Waals surface area contributed by atoms with Crippen molar-refractivity contribution >= 4 is 28.5 Å². The van der Waals surface area contributed by atoms with Crippen molar-refractivity contribution < 1.29 is 18.4 Å². The van der Waals surface area contributed by atoms with Crippen molar-refractivity contribution in [1.82, 2.24) is 0 Å². The second-order valence-electron chi connectivity index (χ2n) is 12.2. The van der Waals surface area contributed by atoms with Crippen LogP contribution in [0, 0.1) is 5.41 Å². The Morgan fingerprint density at radius 2 is 1.39 bits per heavy atom. The third kappa shape index (κ3) is 12.4. The average molecular weight is 497 g/mol. The minimum absolute atomic E-state index is 0.299. The van der Waals surface area contributed by atoms with Crippen molar-refractivity contribution in [1.29, 1.82) is 0 Å². The highest BCUT2D eigenvalue weighted by Gasteiger charge is 2.39. The summed E-state index contributed by atoms with van der Waals surface area (Å²) in [6, 6.07) is 2.08. The van der Waals surface area contributed by atoms with E-state index in [1.54, 1.807) is 6.26 Å². The minimum atomic E-state index is -1.60. The van der Waals surface area contributed by atoms with Crippen LogP contribution in [0.5, 0.6) is 0 Å². The lowest BCUT2D eigenvalue weighted by atomic mass is 9.89. The van der Waals surface area contributed by atoms with E-state index < -0.39 is 22.9 Å². The quantitative estimate of drug-likeness (QED) is 0.101. The molecule has 1 aromatic rings. The van der Waals surface area contributed by atoms with Gasteiger partial charge in [0.25, 0.3) is 0 Å². The van der Waals surface area contributed by atoms with Crippen molar-refractivity contribution in [2.75, 3.05) is 0 Å². The van der Waals surface area contributed by atoms with Crippen LogP contribution >= 0.6 is 0 Å². The maximum atomic E-state index is 12.0. The molecular weight excluding hydrogens is 444 g/mol. The van der Waals surface area contributed by atoms with E-state index in [1.165, 1.54) is 58.3 Å². The van der Waals surface area contributed by atoms with Crippen molar-refractivity contribution in [2.24, 2.45) is 5.41 Å². The van der Waals surface area contributed by atoms with Gasteiger partial charge in [-0.15, -0.1) is 0 Å². The highest BCUT2D eigenvalue weighted by Crippen LogP contribution is 2.35. The van der Waals surface area contributed by atoms with Gasteiger partial charge >= 0.3 is 5.97 Å². The van der Waals surface area contributed by atoms with Gasteiger partial charge in [0.15, 0.2) is 9.04 Å². The van der Waals surface area contributed by atoms with E-state index in [-0.39, 0.29) is 5.97 Å². The summed E-state index contributed by atoms with van der Waals surface area (Å²) in [5.41, 5.74) is 1.34. The first-order valence-corrected chi connectivity index (χ1v) is 19.5. The summed E-state index contributed by atoms with van der Waals surface area (Å²) >= 11 is 0. The second-order valence-corrected chi connectivity index (χ2v) is 19.5. The largest absolute Gasteiger partial charge is 0.474 e. The van der Waals surface area contributed by atoms with E-state index in [2.05, 4.69) is 59.6 Å². The Balaban J connectivity index is 2.55. The average Bonchev–Trinajstić information content (AvgIpc) is 3.15. The molecule has 192 valence electrons. The number of hydrogen-bond donors (Lipinski definition) is 0. The molecule has 0 saturated heterocycles. The molecule has 0 amide bonds. The molecule has 1 heterocycles. The van der Waals surface area contributed by atoms with Crippen LogP contribution in [0.15, 0.2) is 16.7 Å². The van der Waals surface area contributed by atoms with Gasteiger partial charge in [0.1, 0.15) is 8.07 Å². The maximum Gasteiger partial charge on any atom is 0.305 e. The predicted octanol–water partition coefficient (Wildman–Crippen LogP) is 7.88. The lowest BCUT2D eigenvalue weighted by Crippen LogP contribution is -2.40. The van der Waals surface area contributed by atoms with Crippen molar-refractivity contribution in [3.05, 3.63) is 17.9 Å². The predicted molar refractivity (Wildman–Crippen MR) is 145 cm³/mol. The molecule has 0 aromatic carbocycles. The molecular formula is C27H52O4Si2. The Kier molecular flexibility index (Phi) is 12.7. The summed E-state index contributed by atoms with van der Waals surface area (Å²) in [7, 11) is -3.06. The van der Waals surface area contributed by atoms with E-state index in [4.69, 9.17) is 13.6 Å². The standard InChI is InChI=1S/C27H52O4Si2/c1-23(28)30-27(31-32(5)6,24-21-25(29-22-24)33(7,8)9)20-18-16-14-12-10-11-13-15-17-19-26(2,3)4/h21-22,32H,10-20H2,1-9H3. The third-order valence-electron chi connectivity index (χ3n) is 5.95. The zero-order valence-corrected chi connectivity index (χ0v) is 25.3. The number of carbonyl (C=O) groups excluding carboxylic acids is 1. The van der Waals surface area contributed by atoms with Crippen LogP contribution in [0.4, 0.5) is 0 Å².